The van der Waals surface area contributed by atoms with E-state index in [4.69, 9.17) is 0 Å². The Morgan fingerprint density at radius 1 is 1.33 bits per heavy atom. The Morgan fingerprint density at radius 3 is 2.76 bits per heavy atom. The van der Waals surface area contributed by atoms with E-state index in [9.17, 15) is 8.42 Å². The van der Waals surface area contributed by atoms with Crippen LogP contribution in [0.15, 0.2) is 35.7 Å². The summed E-state index contributed by atoms with van der Waals surface area (Å²) in [6, 6.07) is 10.1. The minimum Gasteiger partial charge on any atom is -0.304 e. The van der Waals surface area contributed by atoms with Crippen LogP contribution in [0.3, 0.4) is 0 Å². The molecule has 1 saturated heterocycles. The van der Waals surface area contributed by atoms with Crippen LogP contribution >= 0.6 is 11.3 Å². The maximum Gasteiger partial charge on any atom is 0.152 e. The molecular formula is C15H18N2O2S2. The molecule has 1 fully saturated rings. The molecule has 112 valence electrons. The number of hydrogen-bond donors (Lipinski definition) is 1. The average molecular weight is 322 g/mol. The van der Waals surface area contributed by atoms with Crippen LogP contribution < -0.4 is 5.32 Å². The summed E-state index contributed by atoms with van der Waals surface area (Å²) >= 11 is 1.60. The topological polar surface area (TPSA) is 59.1 Å². The van der Waals surface area contributed by atoms with Crippen LogP contribution in [0.1, 0.15) is 18.4 Å². The van der Waals surface area contributed by atoms with Crippen molar-refractivity contribution in [1.29, 1.82) is 0 Å². The molecule has 21 heavy (non-hydrogen) atoms. The van der Waals surface area contributed by atoms with Crippen molar-refractivity contribution in [3.8, 4) is 11.3 Å². The molecule has 1 aromatic heterocycles. The second-order valence-corrected chi connectivity index (χ2v) is 8.88. The van der Waals surface area contributed by atoms with Gasteiger partial charge in [0.25, 0.3) is 0 Å². The Balaban J connectivity index is 1.66. The fourth-order valence-electron chi connectivity index (χ4n) is 2.57. The first-order chi connectivity index (χ1) is 9.96. The van der Waals surface area contributed by atoms with E-state index >= 15 is 0 Å². The van der Waals surface area contributed by atoms with E-state index < -0.39 is 9.84 Å². The van der Waals surface area contributed by atoms with E-state index in [0.717, 1.165) is 16.3 Å². The second-order valence-electron chi connectivity index (χ2n) is 5.75. The molecule has 2 heterocycles. The zero-order chi connectivity index (χ0) is 14.9. The van der Waals surface area contributed by atoms with Gasteiger partial charge in [0.15, 0.2) is 9.84 Å². The molecule has 0 radical (unpaired) electrons. The smallest absolute Gasteiger partial charge is 0.152 e. The number of aromatic nitrogens is 1. The molecule has 0 saturated carbocycles. The lowest BCUT2D eigenvalue weighted by Gasteiger charge is -2.23. The molecule has 0 spiro atoms. The molecule has 3 rings (SSSR count). The molecule has 1 N–H and O–H groups in total. The van der Waals surface area contributed by atoms with E-state index in [0.29, 0.717) is 13.0 Å². The summed E-state index contributed by atoms with van der Waals surface area (Å²) in [5, 5.41) is 6.39. The predicted octanol–water partition coefficient (Wildman–Crippen LogP) is 2.48. The molecule has 1 aliphatic rings. The van der Waals surface area contributed by atoms with Gasteiger partial charge >= 0.3 is 0 Å². The van der Waals surface area contributed by atoms with Gasteiger partial charge in [-0.3, -0.25) is 0 Å². The van der Waals surface area contributed by atoms with E-state index in [1.54, 1.807) is 11.3 Å². The summed E-state index contributed by atoms with van der Waals surface area (Å²) in [6.45, 7) is 2.59. The first-order valence-corrected chi connectivity index (χ1v) is 9.61. The minimum atomic E-state index is -2.88. The van der Waals surface area contributed by atoms with Gasteiger partial charge in [-0.15, -0.1) is 11.3 Å². The first-order valence-electron chi connectivity index (χ1n) is 6.91. The van der Waals surface area contributed by atoms with Crippen LogP contribution in [-0.4, -0.2) is 30.4 Å². The lowest BCUT2D eigenvalue weighted by Crippen LogP contribution is -2.42. The summed E-state index contributed by atoms with van der Waals surface area (Å²) in [7, 11) is -2.88. The Morgan fingerprint density at radius 2 is 2.10 bits per heavy atom. The Labute approximate surface area is 129 Å². The molecule has 1 aliphatic heterocycles. The highest BCUT2D eigenvalue weighted by molar-refractivity contribution is 7.91. The molecule has 2 aromatic rings. The van der Waals surface area contributed by atoms with Crippen molar-refractivity contribution < 1.29 is 8.42 Å². The number of nitrogens with one attached hydrogen (secondary N) is 1. The number of sulfone groups is 1. The minimum absolute atomic E-state index is 0.219. The SMILES string of the molecule is CC1(NCc2nc(-c3ccccc3)cs2)CCS(=O)(=O)C1. The van der Waals surface area contributed by atoms with E-state index in [2.05, 4.69) is 10.3 Å². The molecule has 1 unspecified atom stereocenters. The van der Waals surface area contributed by atoms with Gasteiger partial charge in [-0.1, -0.05) is 30.3 Å². The fraction of sp³-hybridized carbons (Fsp3) is 0.400. The normalized spacial score (nSPS) is 24.2. The number of nitrogens with zero attached hydrogens (tertiary/aromatic N) is 1. The van der Waals surface area contributed by atoms with Gasteiger partial charge in [0.05, 0.1) is 17.2 Å². The molecule has 6 heteroatoms. The predicted molar refractivity (Wildman–Crippen MR) is 86.1 cm³/mol. The lowest BCUT2D eigenvalue weighted by atomic mass is 10.0. The van der Waals surface area contributed by atoms with Crippen LogP contribution in [0, 0.1) is 0 Å². The van der Waals surface area contributed by atoms with Gasteiger partial charge in [-0.05, 0) is 13.3 Å². The zero-order valence-electron chi connectivity index (χ0n) is 11.9. The van der Waals surface area contributed by atoms with Crippen LogP contribution in [0.2, 0.25) is 0 Å². The first kappa shape index (κ1) is 14.7. The van der Waals surface area contributed by atoms with Gasteiger partial charge in [0.2, 0.25) is 0 Å². The van der Waals surface area contributed by atoms with Crippen molar-refractivity contribution in [3.05, 3.63) is 40.7 Å². The number of rotatable bonds is 4. The monoisotopic (exact) mass is 322 g/mol. The second kappa shape index (κ2) is 5.51. The van der Waals surface area contributed by atoms with Gasteiger partial charge in [0, 0.05) is 23.0 Å². The van der Waals surface area contributed by atoms with Crippen molar-refractivity contribution >= 4 is 21.2 Å². The molecule has 0 amide bonds. The van der Waals surface area contributed by atoms with Crippen molar-refractivity contribution in [2.75, 3.05) is 11.5 Å². The van der Waals surface area contributed by atoms with Gasteiger partial charge < -0.3 is 5.32 Å². The Bertz CT molecular complexity index is 725. The highest BCUT2D eigenvalue weighted by Crippen LogP contribution is 2.25. The van der Waals surface area contributed by atoms with Crippen LogP contribution in [0.5, 0.6) is 0 Å². The van der Waals surface area contributed by atoms with Crippen LogP contribution in [0.25, 0.3) is 11.3 Å². The fourth-order valence-corrected chi connectivity index (χ4v) is 5.44. The number of thiazole rings is 1. The Hall–Kier alpha value is -1.24. The van der Waals surface area contributed by atoms with Gasteiger partial charge in [0.1, 0.15) is 5.01 Å². The maximum absolute atomic E-state index is 11.6. The molecule has 4 nitrogen and oxygen atoms in total. The van der Waals surface area contributed by atoms with Gasteiger partial charge in [-0.25, -0.2) is 13.4 Å². The molecular weight excluding hydrogens is 304 g/mol. The van der Waals surface area contributed by atoms with Crippen molar-refractivity contribution in [3.63, 3.8) is 0 Å². The number of hydrogen-bond acceptors (Lipinski definition) is 5. The lowest BCUT2D eigenvalue weighted by molar-refractivity contribution is 0.395. The molecule has 1 aromatic carbocycles. The molecule has 0 aliphatic carbocycles. The summed E-state index contributed by atoms with van der Waals surface area (Å²) < 4.78 is 23.2. The summed E-state index contributed by atoms with van der Waals surface area (Å²) in [5.41, 5.74) is 1.76. The van der Waals surface area contributed by atoms with Crippen LogP contribution in [0.4, 0.5) is 0 Å². The summed E-state index contributed by atoms with van der Waals surface area (Å²) in [4.78, 5) is 4.62. The standard InChI is InChI=1S/C15H18N2O2S2/c1-15(7-8-21(18,19)11-15)16-9-14-17-13(10-20-14)12-5-3-2-4-6-12/h2-6,10,16H,7-9,11H2,1H3. The van der Waals surface area contributed by atoms with E-state index in [-0.39, 0.29) is 17.0 Å². The molecule has 1 atom stereocenters. The third-order valence-electron chi connectivity index (χ3n) is 3.79. The number of benzene rings is 1. The van der Waals surface area contributed by atoms with Crippen molar-refractivity contribution in [2.45, 2.75) is 25.4 Å². The van der Waals surface area contributed by atoms with Crippen molar-refractivity contribution in [2.24, 2.45) is 0 Å². The van der Waals surface area contributed by atoms with E-state index in [1.807, 2.05) is 42.6 Å². The highest BCUT2D eigenvalue weighted by Gasteiger charge is 2.37. The highest BCUT2D eigenvalue weighted by atomic mass is 32.2. The zero-order valence-corrected chi connectivity index (χ0v) is 13.5. The average Bonchev–Trinajstić information content (AvgIpc) is 3.03. The van der Waals surface area contributed by atoms with E-state index in [1.165, 1.54) is 0 Å². The van der Waals surface area contributed by atoms with Crippen LogP contribution in [-0.2, 0) is 16.4 Å². The third kappa shape index (κ3) is 3.51. The maximum atomic E-state index is 11.6. The summed E-state index contributed by atoms with van der Waals surface area (Å²) in [5.74, 6) is 0.501. The third-order valence-corrected chi connectivity index (χ3v) is 6.54. The van der Waals surface area contributed by atoms with Gasteiger partial charge in [-0.2, -0.15) is 0 Å². The quantitative estimate of drug-likeness (QED) is 0.939. The van der Waals surface area contributed by atoms with Crippen molar-refractivity contribution in [1.82, 2.24) is 10.3 Å². The summed E-state index contributed by atoms with van der Waals surface area (Å²) in [6.07, 6.45) is 0.673. The Kier molecular flexibility index (Phi) is 3.86. The molecule has 0 bridgehead atoms. The largest absolute Gasteiger partial charge is 0.304 e.